The Morgan fingerprint density at radius 1 is 1.16 bits per heavy atom. The first kappa shape index (κ1) is 23.6. The minimum absolute atomic E-state index is 0.0865. The molecule has 2 aliphatic rings. The number of sulfonamides is 1. The number of carbonyl (C=O) groups is 1. The van der Waals surface area contributed by atoms with Gasteiger partial charge in [-0.15, -0.1) is 11.8 Å². The van der Waals surface area contributed by atoms with Crippen LogP contribution in [0.4, 0.5) is 5.69 Å². The van der Waals surface area contributed by atoms with Crippen molar-refractivity contribution in [1.29, 1.82) is 0 Å². The smallest absolute Gasteiger partial charge is 0.240 e. The second-order valence-electron chi connectivity index (χ2n) is 8.54. The molecule has 9 heteroatoms. The first-order valence-corrected chi connectivity index (χ1v) is 13.6. The van der Waals surface area contributed by atoms with E-state index in [-0.39, 0.29) is 16.1 Å². The van der Waals surface area contributed by atoms with Gasteiger partial charge in [0.05, 0.1) is 10.6 Å². The number of nitrogens with zero attached hydrogens (tertiary/aromatic N) is 1. The zero-order chi connectivity index (χ0) is 22.7. The number of hydrogen-bond donors (Lipinski definition) is 2. The van der Waals surface area contributed by atoms with Crippen LogP contribution in [0.5, 0.6) is 0 Å². The van der Waals surface area contributed by atoms with Crippen molar-refractivity contribution in [2.75, 3.05) is 25.0 Å². The Bertz CT molecular complexity index is 1070. The van der Waals surface area contributed by atoms with Crippen molar-refractivity contribution in [2.45, 2.75) is 47.8 Å². The summed E-state index contributed by atoms with van der Waals surface area (Å²) in [6, 6.07) is 12.9. The summed E-state index contributed by atoms with van der Waals surface area (Å²) in [5.41, 5.74) is 1.80. The number of hydrogen-bond acceptors (Lipinski definition) is 5. The Morgan fingerprint density at radius 3 is 2.59 bits per heavy atom. The molecular formula is C23H28ClN3O3S2. The molecule has 1 fully saturated rings. The molecule has 0 aromatic heterocycles. The summed E-state index contributed by atoms with van der Waals surface area (Å²) in [4.78, 5) is 15.5. The number of fused-ring (bicyclic) bond motifs is 1. The van der Waals surface area contributed by atoms with E-state index >= 15 is 0 Å². The Hall–Kier alpha value is -1.58. The summed E-state index contributed by atoms with van der Waals surface area (Å²) in [6.07, 6.45) is 2.31. The molecule has 172 valence electrons. The van der Waals surface area contributed by atoms with Gasteiger partial charge in [-0.25, -0.2) is 13.1 Å². The predicted octanol–water partition coefficient (Wildman–Crippen LogP) is 4.35. The summed E-state index contributed by atoms with van der Waals surface area (Å²) < 4.78 is 28.5. The molecule has 2 aromatic rings. The minimum atomic E-state index is -3.64. The largest absolute Gasteiger partial charge is 0.325 e. The normalized spacial score (nSPS) is 20.4. The van der Waals surface area contributed by atoms with E-state index in [1.54, 1.807) is 30.0 Å². The van der Waals surface area contributed by atoms with Crippen molar-refractivity contribution in [1.82, 2.24) is 9.62 Å². The molecule has 0 aliphatic carbocycles. The van der Waals surface area contributed by atoms with E-state index in [0.717, 1.165) is 42.4 Å². The van der Waals surface area contributed by atoms with Gasteiger partial charge in [0.2, 0.25) is 15.9 Å². The number of likely N-dealkylation sites (tertiary alicyclic amines) is 1. The number of benzene rings is 2. The summed E-state index contributed by atoms with van der Waals surface area (Å²) in [6.45, 7) is 5.18. The van der Waals surface area contributed by atoms with Crippen molar-refractivity contribution >= 4 is 45.0 Å². The van der Waals surface area contributed by atoms with E-state index in [9.17, 15) is 13.2 Å². The predicted molar refractivity (Wildman–Crippen MR) is 130 cm³/mol. The Morgan fingerprint density at radius 2 is 1.88 bits per heavy atom. The molecule has 0 radical (unpaired) electrons. The number of piperidine rings is 1. The Labute approximate surface area is 199 Å². The minimum Gasteiger partial charge on any atom is -0.325 e. The highest BCUT2D eigenvalue weighted by Crippen LogP contribution is 2.36. The van der Waals surface area contributed by atoms with E-state index in [2.05, 4.69) is 14.9 Å². The standard InChI is InChI=1S/C23H28ClN3O3S2/c1-16-12-23(28)26-21-13-20(6-7-22(21)31-16)32(29,30)25-14-17-8-10-27(11-9-17)15-18-2-4-19(24)5-3-18/h2-7,13,16-17,25H,8-12,14-15H2,1H3,(H,26,28)/t16-/m0/s1. The third-order valence-corrected chi connectivity index (χ3v) is 8.78. The molecule has 0 unspecified atom stereocenters. The number of thioether (sulfide) groups is 1. The van der Waals surface area contributed by atoms with E-state index in [4.69, 9.17) is 11.6 Å². The zero-order valence-electron chi connectivity index (χ0n) is 18.0. The highest BCUT2D eigenvalue weighted by molar-refractivity contribution is 8.00. The maximum Gasteiger partial charge on any atom is 0.240 e. The van der Waals surface area contributed by atoms with E-state index < -0.39 is 10.0 Å². The third kappa shape index (κ3) is 6.05. The third-order valence-electron chi connectivity index (χ3n) is 5.93. The number of halogens is 1. The molecular weight excluding hydrogens is 466 g/mol. The SMILES string of the molecule is C[C@H]1CC(=O)Nc2cc(S(=O)(=O)NCC3CCN(Cc4ccc(Cl)cc4)CC3)ccc2S1. The van der Waals surface area contributed by atoms with Gasteiger partial charge in [0.25, 0.3) is 0 Å². The van der Waals surface area contributed by atoms with Crippen molar-refractivity contribution in [2.24, 2.45) is 5.92 Å². The molecule has 1 saturated heterocycles. The lowest BCUT2D eigenvalue weighted by Crippen LogP contribution is -2.38. The lowest BCUT2D eigenvalue weighted by atomic mass is 9.97. The van der Waals surface area contributed by atoms with Crippen molar-refractivity contribution < 1.29 is 13.2 Å². The van der Waals surface area contributed by atoms with Crippen LogP contribution in [0, 0.1) is 5.92 Å². The number of rotatable bonds is 6. The van der Waals surface area contributed by atoms with Gasteiger partial charge in [-0.2, -0.15) is 0 Å². The van der Waals surface area contributed by atoms with Crippen molar-refractivity contribution in [3.63, 3.8) is 0 Å². The summed E-state index contributed by atoms with van der Waals surface area (Å²) >= 11 is 7.54. The number of amides is 1. The lowest BCUT2D eigenvalue weighted by molar-refractivity contribution is -0.116. The van der Waals surface area contributed by atoms with Crippen LogP contribution in [0.25, 0.3) is 0 Å². The van der Waals surface area contributed by atoms with Crippen molar-refractivity contribution in [3.8, 4) is 0 Å². The fraction of sp³-hybridized carbons (Fsp3) is 0.435. The van der Waals surface area contributed by atoms with E-state index in [1.165, 1.54) is 5.56 Å². The highest BCUT2D eigenvalue weighted by atomic mass is 35.5. The fourth-order valence-electron chi connectivity index (χ4n) is 4.11. The summed E-state index contributed by atoms with van der Waals surface area (Å²) in [7, 11) is -3.64. The van der Waals surface area contributed by atoms with Crippen molar-refractivity contribution in [3.05, 3.63) is 53.1 Å². The second-order valence-corrected chi connectivity index (χ2v) is 12.2. The van der Waals surface area contributed by atoms with Crippen LogP contribution in [0.3, 0.4) is 0 Å². The number of nitrogens with one attached hydrogen (secondary N) is 2. The van der Waals surface area contributed by atoms with Crippen LogP contribution in [-0.4, -0.2) is 44.1 Å². The maximum absolute atomic E-state index is 12.9. The first-order valence-electron chi connectivity index (χ1n) is 10.9. The van der Waals surface area contributed by atoms with Gasteiger partial charge in [-0.3, -0.25) is 9.69 Å². The number of carbonyl (C=O) groups excluding carboxylic acids is 1. The molecule has 2 heterocycles. The van der Waals surface area contributed by atoms with Gasteiger partial charge in [-0.05, 0) is 67.7 Å². The molecule has 1 amide bonds. The molecule has 0 spiro atoms. The molecule has 0 bridgehead atoms. The van der Waals surface area contributed by atoms with Crippen LogP contribution in [0.1, 0.15) is 31.7 Å². The average molecular weight is 494 g/mol. The zero-order valence-corrected chi connectivity index (χ0v) is 20.4. The molecule has 2 N–H and O–H groups in total. The first-order chi connectivity index (χ1) is 15.3. The van der Waals surface area contributed by atoms with Gasteiger partial charge in [0.1, 0.15) is 0 Å². The molecule has 2 aliphatic heterocycles. The molecule has 32 heavy (non-hydrogen) atoms. The van der Waals surface area contributed by atoms with Gasteiger partial charge in [0, 0.05) is 34.7 Å². The van der Waals surface area contributed by atoms with Crippen LogP contribution >= 0.6 is 23.4 Å². The van der Waals surface area contributed by atoms with Gasteiger partial charge < -0.3 is 5.32 Å². The summed E-state index contributed by atoms with van der Waals surface area (Å²) in [5.74, 6) is 0.222. The lowest BCUT2D eigenvalue weighted by Gasteiger charge is -2.32. The van der Waals surface area contributed by atoms with E-state index in [0.29, 0.717) is 24.6 Å². The van der Waals surface area contributed by atoms with Crippen LogP contribution in [0.2, 0.25) is 5.02 Å². The monoisotopic (exact) mass is 493 g/mol. The molecule has 4 rings (SSSR count). The van der Waals surface area contributed by atoms with Crippen LogP contribution in [-0.2, 0) is 21.4 Å². The van der Waals surface area contributed by atoms with Gasteiger partial charge in [-0.1, -0.05) is 30.7 Å². The topological polar surface area (TPSA) is 78.5 Å². The molecule has 2 aromatic carbocycles. The average Bonchev–Trinajstić information content (AvgIpc) is 2.90. The molecule has 6 nitrogen and oxygen atoms in total. The second kappa shape index (κ2) is 10.1. The fourth-order valence-corrected chi connectivity index (χ4v) is 6.42. The van der Waals surface area contributed by atoms with Crippen LogP contribution in [0.15, 0.2) is 52.3 Å². The Balaban J connectivity index is 1.31. The molecule has 1 atom stereocenters. The van der Waals surface area contributed by atoms with E-state index in [1.807, 2.05) is 31.2 Å². The maximum atomic E-state index is 12.9. The molecule has 0 saturated carbocycles. The highest BCUT2D eigenvalue weighted by Gasteiger charge is 2.24. The van der Waals surface area contributed by atoms with Crippen LogP contribution < -0.4 is 10.0 Å². The van der Waals surface area contributed by atoms with Gasteiger partial charge in [0.15, 0.2) is 0 Å². The number of anilines is 1. The summed E-state index contributed by atoms with van der Waals surface area (Å²) in [5, 5.41) is 3.73. The Kier molecular flexibility index (Phi) is 7.47. The quantitative estimate of drug-likeness (QED) is 0.625. The van der Waals surface area contributed by atoms with Gasteiger partial charge >= 0.3 is 0 Å².